The molecule has 5 nitrogen and oxygen atoms in total. The van der Waals surface area contributed by atoms with E-state index >= 15 is 0 Å². The van der Waals surface area contributed by atoms with Gasteiger partial charge in [-0.3, -0.25) is 14.8 Å². The number of hydrogen-bond acceptors (Lipinski definition) is 5. The van der Waals surface area contributed by atoms with Crippen LogP contribution in [0.3, 0.4) is 0 Å². The van der Waals surface area contributed by atoms with Gasteiger partial charge in [0, 0.05) is 31.4 Å². The average molecular weight is 341 g/mol. The van der Waals surface area contributed by atoms with Gasteiger partial charge in [-0.2, -0.15) is 0 Å². The first-order valence-corrected chi connectivity index (χ1v) is 9.21. The number of aryl methyl sites for hydroxylation is 1. The molecular weight excluding hydrogens is 314 g/mol. The van der Waals surface area contributed by atoms with Crippen molar-refractivity contribution in [1.82, 2.24) is 14.8 Å². The van der Waals surface area contributed by atoms with E-state index in [9.17, 15) is 0 Å². The van der Waals surface area contributed by atoms with Gasteiger partial charge in [-0.25, -0.2) is 0 Å². The van der Waals surface area contributed by atoms with E-state index in [0.717, 1.165) is 49.8 Å². The van der Waals surface area contributed by atoms with Crippen LogP contribution >= 0.6 is 0 Å². The van der Waals surface area contributed by atoms with Gasteiger partial charge >= 0.3 is 0 Å². The van der Waals surface area contributed by atoms with Crippen LogP contribution in [0.2, 0.25) is 0 Å². The highest BCUT2D eigenvalue weighted by Crippen LogP contribution is 2.32. The molecule has 0 saturated carbocycles. The van der Waals surface area contributed by atoms with Crippen LogP contribution in [0.4, 0.5) is 0 Å². The Labute approximate surface area is 149 Å². The van der Waals surface area contributed by atoms with Crippen molar-refractivity contribution in [1.29, 1.82) is 0 Å². The highest BCUT2D eigenvalue weighted by atomic mass is 16.5. The monoisotopic (exact) mass is 341 g/mol. The van der Waals surface area contributed by atoms with Gasteiger partial charge in [0.15, 0.2) is 0 Å². The fourth-order valence-electron chi connectivity index (χ4n) is 4.26. The molecule has 0 N–H and O–H groups in total. The normalized spacial score (nSPS) is 26.9. The Morgan fingerprint density at radius 3 is 3.00 bits per heavy atom. The van der Waals surface area contributed by atoms with E-state index in [1.165, 1.54) is 6.42 Å². The predicted molar refractivity (Wildman–Crippen MR) is 96.1 cm³/mol. The second-order valence-electron chi connectivity index (χ2n) is 7.31. The summed E-state index contributed by atoms with van der Waals surface area (Å²) in [7, 11) is 2.18. The van der Waals surface area contributed by atoms with Crippen LogP contribution in [-0.2, 0) is 17.8 Å². The van der Waals surface area contributed by atoms with E-state index < -0.39 is 0 Å². The van der Waals surface area contributed by atoms with Crippen molar-refractivity contribution >= 4 is 0 Å². The molecular formula is C20H27N3O2. The summed E-state index contributed by atoms with van der Waals surface area (Å²) in [5.74, 6) is 1.01. The molecule has 2 aliphatic heterocycles. The number of hydrogen-bond donors (Lipinski definition) is 0. The van der Waals surface area contributed by atoms with Crippen molar-refractivity contribution in [2.24, 2.45) is 0 Å². The van der Waals surface area contributed by atoms with Gasteiger partial charge in [0.1, 0.15) is 5.76 Å². The van der Waals surface area contributed by atoms with Gasteiger partial charge in [0.25, 0.3) is 0 Å². The van der Waals surface area contributed by atoms with Gasteiger partial charge in [-0.15, -0.1) is 0 Å². The molecule has 2 aromatic heterocycles. The van der Waals surface area contributed by atoms with Crippen LogP contribution in [0.1, 0.15) is 30.0 Å². The molecule has 4 rings (SSSR count). The first-order chi connectivity index (χ1) is 12.2. The maximum absolute atomic E-state index is 6.21. The first kappa shape index (κ1) is 16.8. The summed E-state index contributed by atoms with van der Waals surface area (Å²) in [5.41, 5.74) is 2.23. The molecule has 5 heteroatoms. The van der Waals surface area contributed by atoms with E-state index in [2.05, 4.69) is 42.0 Å². The van der Waals surface area contributed by atoms with Crippen molar-refractivity contribution in [3.63, 3.8) is 0 Å². The number of furan rings is 1. The van der Waals surface area contributed by atoms with Gasteiger partial charge < -0.3 is 9.15 Å². The zero-order chi connectivity index (χ0) is 17.2. The molecule has 25 heavy (non-hydrogen) atoms. The van der Waals surface area contributed by atoms with E-state index in [1.807, 2.05) is 12.1 Å². The number of fused-ring (bicyclic) bond motifs is 1. The lowest BCUT2D eigenvalue weighted by Gasteiger charge is -2.34. The second-order valence-corrected chi connectivity index (χ2v) is 7.31. The van der Waals surface area contributed by atoms with Gasteiger partial charge in [-0.1, -0.05) is 6.07 Å². The number of aromatic nitrogens is 1. The van der Waals surface area contributed by atoms with Crippen molar-refractivity contribution in [3.05, 3.63) is 53.7 Å². The van der Waals surface area contributed by atoms with E-state index in [-0.39, 0.29) is 6.10 Å². The summed E-state index contributed by atoms with van der Waals surface area (Å²) < 4.78 is 11.7. The molecule has 2 saturated heterocycles. The minimum atomic E-state index is 0.276. The summed E-state index contributed by atoms with van der Waals surface area (Å²) in [4.78, 5) is 9.64. The van der Waals surface area contributed by atoms with E-state index in [1.54, 1.807) is 6.26 Å². The van der Waals surface area contributed by atoms with Crippen LogP contribution in [0.5, 0.6) is 0 Å². The molecule has 0 amide bonds. The zero-order valence-electron chi connectivity index (χ0n) is 15.1. The number of ether oxygens (including phenoxy) is 1. The third-order valence-corrected chi connectivity index (χ3v) is 5.47. The zero-order valence-corrected chi connectivity index (χ0v) is 15.1. The third kappa shape index (κ3) is 3.64. The van der Waals surface area contributed by atoms with Crippen molar-refractivity contribution < 1.29 is 9.15 Å². The Morgan fingerprint density at radius 1 is 1.28 bits per heavy atom. The smallest absolute Gasteiger partial charge is 0.117 e. The number of nitrogens with zero attached hydrogens (tertiary/aromatic N) is 3. The van der Waals surface area contributed by atoms with E-state index in [4.69, 9.17) is 14.1 Å². The number of likely N-dealkylation sites (N-methyl/N-ethyl adjacent to an activating group) is 1. The number of rotatable bonds is 5. The Kier molecular flexibility index (Phi) is 4.88. The summed E-state index contributed by atoms with van der Waals surface area (Å²) >= 11 is 0. The molecule has 2 aromatic rings. The maximum Gasteiger partial charge on any atom is 0.117 e. The second kappa shape index (κ2) is 7.28. The molecule has 134 valence electrons. The quantitative estimate of drug-likeness (QED) is 0.836. The van der Waals surface area contributed by atoms with Crippen LogP contribution in [0.25, 0.3) is 0 Å². The molecule has 0 unspecified atom stereocenters. The highest BCUT2D eigenvalue weighted by Gasteiger charge is 2.45. The minimum Gasteiger partial charge on any atom is -0.468 e. The Hall–Kier alpha value is -1.69. The molecule has 0 aromatic carbocycles. The minimum absolute atomic E-state index is 0.276. The summed E-state index contributed by atoms with van der Waals surface area (Å²) in [6.07, 6.45) is 4.38. The molecule has 0 aliphatic carbocycles. The molecule has 0 spiro atoms. The topological polar surface area (TPSA) is 41.7 Å². The van der Waals surface area contributed by atoms with Gasteiger partial charge in [0.2, 0.25) is 0 Å². The lowest BCUT2D eigenvalue weighted by Crippen LogP contribution is -2.46. The largest absolute Gasteiger partial charge is 0.468 e. The lowest BCUT2D eigenvalue weighted by atomic mass is 10.00. The number of likely N-dealkylation sites (tertiary alicyclic amines) is 1. The number of pyridine rings is 1. The van der Waals surface area contributed by atoms with Gasteiger partial charge in [-0.05, 0) is 51.1 Å². The Bertz CT molecular complexity index is 688. The van der Waals surface area contributed by atoms with Crippen LogP contribution in [0, 0.1) is 6.92 Å². The standard InChI is InChI=1S/C20H27N3O2/c1-15-6-3-7-16(21-15)12-23-14-19(20-18(23)9-5-11-25-20)22(2)13-17-8-4-10-24-17/h3-4,6-8,10,18-20H,5,9,11-14H2,1-2H3/t18-,19-,20+/m1/s1. The molecule has 0 radical (unpaired) electrons. The van der Waals surface area contributed by atoms with E-state index in [0.29, 0.717) is 12.1 Å². The Balaban J connectivity index is 1.49. The van der Waals surface area contributed by atoms with Crippen molar-refractivity contribution in [2.45, 2.75) is 51.0 Å². The van der Waals surface area contributed by atoms with Crippen LogP contribution in [-0.4, -0.2) is 53.2 Å². The third-order valence-electron chi connectivity index (χ3n) is 5.47. The lowest BCUT2D eigenvalue weighted by molar-refractivity contribution is -0.0392. The summed E-state index contributed by atoms with van der Waals surface area (Å²) in [6.45, 7) is 5.67. The molecule has 0 bridgehead atoms. The van der Waals surface area contributed by atoms with Crippen molar-refractivity contribution in [3.8, 4) is 0 Å². The highest BCUT2D eigenvalue weighted by molar-refractivity contribution is 5.12. The predicted octanol–water partition coefficient (Wildman–Crippen LogP) is 2.85. The van der Waals surface area contributed by atoms with Crippen molar-refractivity contribution in [2.75, 3.05) is 20.2 Å². The SMILES string of the molecule is Cc1cccc(CN2C[C@@H](N(C)Cc3ccco3)[C@H]3OCCC[C@H]32)n1. The Morgan fingerprint density at radius 2 is 2.20 bits per heavy atom. The maximum atomic E-state index is 6.21. The van der Waals surface area contributed by atoms with Crippen LogP contribution < -0.4 is 0 Å². The van der Waals surface area contributed by atoms with Gasteiger partial charge in [0.05, 0.1) is 30.6 Å². The van der Waals surface area contributed by atoms with Crippen LogP contribution in [0.15, 0.2) is 41.0 Å². The first-order valence-electron chi connectivity index (χ1n) is 9.21. The molecule has 4 heterocycles. The average Bonchev–Trinajstić information content (AvgIpc) is 3.23. The summed E-state index contributed by atoms with van der Waals surface area (Å²) in [5, 5.41) is 0. The molecule has 3 atom stereocenters. The fraction of sp³-hybridized carbons (Fsp3) is 0.550. The summed E-state index contributed by atoms with van der Waals surface area (Å²) in [6, 6.07) is 11.2. The molecule has 2 aliphatic rings. The fourth-order valence-corrected chi connectivity index (χ4v) is 4.26. The molecule has 2 fully saturated rings.